The normalized spacial score (nSPS) is 14.6. The minimum absolute atomic E-state index is 0.0179. The number of carbonyl (C=O) groups is 2. The summed E-state index contributed by atoms with van der Waals surface area (Å²) in [6.45, 7) is 1.11. The summed E-state index contributed by atoms with van der Waals surface area (Å²) < 4.78 is 5.13. The Morgan fingerprint density at radius 3 is 2.27 bits per heavy atom. The molecule has 7 heteroatoms. The fraction of sp³-hybridized carbons (Fsp3) is 0.348. The zero-order valence-corrected chi connectivity index (χ0v) is 17.7. The van der Waals surface area contributed by atoms with Gasteiger partial charge >= 0.3 is 0 Å². The number of nitrogens with one attached hydrogen (secondary N) is 1. The Morgan fingerprint density at radius 2 is 1.70 bits per heavy atom. The molecule has 1 heterocycles. The minimum atomic E-state index is -0.141. The van der Waals surface area contributed by atoms with Crippen LogP contribution in [0, 0.1) is 5.92 Å². The van der Waals surface area contributed by atoms with Crippen LogP contribution in [0.3, 0.4) is 0 Å². The van der Waals surface area contributed by atoms with E-state index in [1.54, 1.807) is 42.5 Å². The number of hydrogen-bond acceptors (Lipinski definition) is 5. The maximum Gasteiger partial charge on any atom is 0.253 e. The van der Waals surface area contributed by atoms with Gasteiger partial charge < -0.3 is 14.5 Å². The van der Waals surface area contributed by atoms with Crippen molar-refractivity contribution >= 4 is 23.7 Å². The largest absolute Gasteiger partial charge is 0.497 e. The van der Waals surface area contributed by atoms with Gasteiger partial charge in [0.15, 0.2) is 0 Å². The maximum absolute atomic E-state index is 12.6. The van der Waals surface area contributed by atoms with Crippen molar-refractivity contribution in [1.29, 1.82) is 0 Å². The highest BCUT2D eigenvalue weighted by Crippen LogP contribution is 2.20. The molecule has 0 unspecified atom stereocenters. The van der Waals surface area contributed by atoms with Gasteiger partial charge in [-0.2, -0.15) is 5.10 Å². The maximum atomic E-state index is 12.6. The average Bonchev–Trinajstić information content (AvgIpc) is 2.79. The van der Waals surface area contributed by atoms with Crippen LogP contribution >= 0.6 is 0 Å². The van der Waals surface area contributed by atoms with Crippen molar-refractivity contribution in [3.8, 4) is 5.75 Å². The number of nitrogens with zero attached hydrogens (tertiary/aromatic N) is 3. The van der Waals surface area contributed by atoms with Gasteiger partial charge in [0.1, 0.15) is 5.75 Å². The average molecular weight is 409 g/mol. The summed E-state index contributed by atoms with van der Waals surface area (Å²) in [4.78, 5) is 28.8. The first-order valence-corrected chi connectivity index (χ1v) is 10.0. The summed E-state index contributed by atoms with van der Waals surface area (Å²) >= 11 is 0. The highest BCUT2D eigenvalue weighted by molar-refractivity contribution is 5.94. The third-order valence-electron chi connectivity index (χ3n) is 5.29. The molecule has 1 N–H and O–H groups in total. The number of benzene rings is 2. The first kappa shape index (κ1) is 21.4. The number of piperidine rings is 1. The molecular weight excluding hydrogens is 380 g/mol. The first-order chi connectivity index (χ1) is 14.5. The zero-order valence-electron chi connectivity index (χ0n) is 17.7. The van der Waals surface area contributed by atoms with Crippen LogP contribution in [0.5, 0.6) is 5.75 Å². The highest BCUT2D eigenvalue weighted by Gasteiger charge is 2.27. The lowest BCUT2D eigenvalue weighted by Crippen LogP contribution is -2.42. The molecule has 1 aliphatic heterocycles. The molecule has 1 aliphatic rings. The molecule has 0 bridgehead atoms. The zero-order chi connectivity index (χ0) is 21.5. The number of carbonyl (C=O) groups excluding carboxylic acids is 2. The van der Waals surface area contributed by atoms with E-state index < -0.39 is 0 Å². The van der Waals surface area contributed by atoms with Crippen molar-refractivity contribution in [2.24, 2.45) is 11.0 Å². The molecule has 158 valence electrons. The molecular formula is C23H28N4O3. The van der Waals surface area contributed by atoms with E-state index in [1.807, 2.05) is 43.3 Å². The summed E-state index contributed by atoms with van der Waals surface area (Å²) in [5.41, 5.74) is 5.28. The Balaban J connectivity index is 1.47. The van der Waals surface area contributed by atoms with Crippen molar-refractivity contribution in [3.63, 3.8) is 0 Å². The molecule has 2 aromatic carbocycles. The van der Waals surface area contributed by atoms with E-state index >= 15 is 0 Å². The fourth-order valence-electron chi connectivity index (χ4n) is 3.38. The predicted octanol–water partition coefficient (Wildman–Crippen LogP) is 2.76. The van der Waals surface area contributed by atoms with Gasteiger partial charge in [0.05, 0.1) is 13.3 Å². The van der Waals surface area contributed by atoms with Crippen molar-refractivity contribution in [2.45, 2.75) is 12.8 Å². The number of methoxy groups -OCH3 is 1. The Bertz CT molecular complexity index is 884. The number of anilines is 1. The summed E-state index contributed by atoms with van der Waals surface area (Å²) in [5.74, 6) is 0.456. The predicted molar refractivity (Wildman–Crippen MR) is 118 cm³/mol. The third-order valence-corrected chi connectivity index (χ3v) is 5.29. The molecule has 0 aliphatic carbocycles. The topological polar surface area (TPSA) is 74.2 Å². The lowest BCUT2D eigenvalue weighted by molar-refractivity contribution is -0.126. The van der Waals surface area contributed by atoms with Crippen LogP contribution in [0.1, 0.15) is 28.8 Å². The van der Waals surface area contributed by atoms with Gasteiger partial charge in [-0.1, -0.05) is 12.1 Å². The highest BCUT2D eigenvalue weighted by atomic mass is 16.5. The lowest BCUT2D eigenvalue weighted by atomic mass is 9.95. The number of amides is 2. The van der Waals surface area contributed by atoms with Crippen molar-refractivity contribution in [2.75, 3.05) is 39.2 Å². The van der Waals surface area contributed by atoms with Gasteiger partial charge in [0.2, 0.25) is 5.91 Å². The molecule has 7 nitrogen and oxygen atoms in total. The smallest absolute Gasteiger partial charge is 0.253 e. The Morgan fingerprint density at radius 1 is 1.07 bits per heavy atom. The molecule has 1 saturated heterocycles. The summed E-state index contributed by atoms with van der Waals surface area (Å²) in [6, 6.07) is 15.0. The van der Waals surface area contributed by atoms with E-state index in [0.717, 1.165) is 17.0 Å². The third kappa shape index (κ3) is 5.37. The van der Waals surface area contributed by atoms with E-state index in [1.165, 1.54) is 0 Å². The first-order valence-electron chi connectivity index (χ1n) is 10.0. The second kappa shape index (κ2) is 9.91. The van der Waals surface area contributed by atoms with Crippen LogP contribution in [0.15, 0.2) is 53.6 Å². The van der Waals surface area contributed by atoms with Gasteiger partial charge in [-0.25, -0.2) is 5.43 Å². The van der Waals surface area contributed by atoms with Crippen LogP contribution in [0.4, 0.5) is 5.69 Å². The van der Waals surface area contributed by atoms with Crippen LogP contribution < -0.4 is 15.1 Å². The molecule has 1 fully saturated rings. The van der Waals surface area contributed by atoms with E-state index in [0.29, 0.717) is 31.5 Å². The molecule has 30 heavy (non-hydrogen) atoms. The number of hydrazone groups is 1. The second-order valence-electron chi connectivity index (χ2n) is 7.52. The lowest BCUT2D eigenvalue weighted by Gasteiger charge is -2.31. The molecule has 3 rings (SSSR count). The van der Waals surface area contributed by atoms with E-state index in [-0.39, 0.29) is 17.7 Å². The van der Waals surface area contributed by atoms with Gasteiger partial charge in [-0.3, -0.25) is 9.59 Å². The minimum Gasteiger partial charge on any atom is -0.497 e. The standard InChI is InChI=1S/C23H28N4O3/c1-26(2)20-8-4-17(5-9-20)16-24-25-22(28)18-12-14-27(15-13-18)23(29)19-6-10-21(30-3)11-7-19/h4-11,16,18H,12-15H2,1-3H3,(H,25,28)/b24-16+. The van der Waals surface area contributed by atoms with Gasteiger partial charge in [0.25, 0.3) is 5.91 Å². The molecule has 0 aromatic heterocycles. The molecule has 0 spiro atoms. The van der Waals surface area contributed by atoms with Crippen molar-refractivity contribution in [3.05, 3.63) is 59.7 Å². The number of likely N-dealkylation sites (tertiary alicyclic amines) is 1. The van der Waals surface area contributed by atoms with Crippen LogP contribution in [0.25, 0.3) is 0 Å². The summed E-state index contributed by atoms with van der Waals surface area (Å²) in [7, 11) is 5.57. The van der Waals surface area contributed by atoms with Crippen molar-refractivity contribution in [1.82, 2.24) is 10.3 Å². The molecule has 0 radical (unpaired) electrons. The quantitative estimate of drug-likeness (QED) is 0.589. The second-order valence-corrected chi connectivity index (χ2v) is 7.52. The Labute approximate surface area is 177 Å². The van der Waals surface area contributed by atoms with Crippen LogP contribution in [0.2, 0.25) is 0 Å². The summed E-state index contributed by atoms with van der Waals surface area (Å²) in [5, 5.41) is 4.08. The Hall–Kier alpha value is -3.35. The van der Waals surface area contributed by atoms with Crippen LogP contribution in [-0.4, -0.2) is 57.2 Å². The van der Waals surface area contributed by atoms with E-state index in [9.17, 15) is 9.59 Å². The molecule has 0 saturated carbocycles. The Kier molecular flexibility index (Phi) is 7.06. The monoisotopic (exact) mass is 408 g/mol. The number of ether oxygens (including phenoxy) is 1. The summed E-state index contributed by atoms with van der Waals surface area (Å²) in [6.07, 6.45) is 2.89. The molecule has 2 aromatic rings. The number of rotatable bonds is 6. The van der Waals surface area contributed by atoms with Crippen molar-refractivity contribution < 1.29 is 14.3 Å². The fourth-order valence-corrected chi connectivity index (χ4v) is 3.38. The number of hydrogen-bond donors (Lipinski definition) is 1. The van der Waals surface area contributed by atoms with Gasteiger partial charge in [-0.15, -0.1) is 0 Å². The molecule has 0 atom stereocenters. The molecule has 2 amide bonds. The van der Waals surface area contributed by atoms with E-state index in [2.05, 4.69) is 10.5 Å². The SMILES string of the molecule is COc1ccc(C(=O)N2CCC(C(=O)N/N=C/c3ccc(N(C)C)cc3)CC2)cc1. The van der Waals surface area contributed by atoms with Gasteiger partial charge in [0, 0.05) is 44.4 Å². The van der Waals surface area contributed by atoms with Gasteiger partial charge in [-0.05, 0) is 54.8 Å². The van der Waals surface area contributed by atoms with E-state index in [4.69, 9.17) is 4.74 Å². The van der Waals surface area contributed by atoms with Crippen LogP contribution in [-0.2, 0) is 4.79 Å².